The quantitative estimate of drug-likeness (QED) is 0.458. The highest BCUT2D eigenvalue weighted by Crippen LogP contribution is 2.53. The van der Waals surface area contributed by atoms with Gasteiger partial charge in [0.05, 0.1) is 11.8 Å². The van der Waals surface area contributed by atoms with Crippen LogP contribution in [0, 0.1) is 23.7 Å². The molecule has 1 heterocycles. The van der Waals surface area contributed by atoms with E-state index in [1.807, 2.05) is 20.8 Å². The van der Waals surface area contributed by atoms with Gasteiger partial charge in [-0.2, -0.15) is 0 Å². The van der Waals surface area contributed by atoms with Gasteiger partial charge in [0.1, 0.15) is 0 Å². The van der Waals surface area contributed by atoms with Gasteiger partial charge in [0, 0.05) is 5.54 Å². The first-order valence-electron chi connectivity index (χ1n) is 5.97. The fraction of sp³-hybridized carbons (Fsp3) is 0.692. The molecule has 1 aliphatic heterocycles. The molecule has 1 saturated heterocycles. The number of amides is 2. The summed E-state index contributed by atoms with van der Waals surface area (Å²) >= 11 is 0. The lowest BCUT2D eigenvalue weighted by molar-refractivity contribution is -0.146. The normalized spacial score (nSPS) is 41.1. The van der Waals surface area contributed by atoms with Crippen molar-refractivity contribution in [3.63, 3.8) is 0 Å². The number of rotatable bonds is 0. The van der Waals surface area contributed by atoms with Crippen molar-refractivity contribution in [1.29, 1.82) is 0 Å². The van der Waals surface area contributed by atoms with Crippen molar-refractivity contribution < 1.29 is 9.59 Å². The van der Waals surface area contributed by atoms with Crippen LogP contribution in [0.4, 0.5) is 0 Å². The molecular formula is C13H17NO2. The molecule has 3 rings (SSSR count). The Labute approximate surface area is 95.5 Å². The molecule has 0 aromatic rings. The van der Waals surface area contributed by atoms with E-state index < -0.39 is 0 Å². The van der Waals surface area contributed by atoms with Crippen molar-refractivity contribution >= 4 is 11.8 Å². The van der Waals surface area contributed by atoms with Crippen molar-refractivity contribution in [2.75, 3.05) is 0 Å². The Balaban J connectivity index is 2.01. The number of hydrogen-bond donors (Lipinski definition) is 0. The van der Waals surface area contributed by atoms with Gasteiger partial charge in [-0.15, -0.1) is 0 Å². The molecule has 4 atom stereocenters. The van der Waals surface area contributed by atoms with Crippen LogP contribution in [0.15, 0.2) is 12.2 Å². The zero-order valence-electron chi connectivity index (χ0n) is 9.93. The number of fused-ring (bicyclic) bond motifs is 5. The van der Waals surface area contributed by atoms with E-state index in [9.17, 15) is 9.59 Å². The molecule has 0 spiro atoms. The predicted molar refractivity (Wildman–Crippen MR) is 59.3 cm³/mol. The van der Waals surface area contributed by atoms with Gasteiger partial charge in [0.15, 0.2) is 0 Å². The van der Waals surface area contributed by atoms with Crippen molar-refractivity contribution in [2.24, 2.45) is 23.7 Å². The van der Waals surface area contributed by atoms with Crippen LogP contribution in [0.3, 0.4) is 0 Å². The van der Waals surface area contributed by atoms with Crippen LogP contribution in [-0.2, 0) is 9.59 Å². The molecule has 3 nitrogen and oxygen atoms in total. The van der Waals surface area contributed by atoms with Gasteiger partial charge in [-0.05, 0) is 39.0 Å². The van der Waals surface area contributed by atoms with Crippen molar-refractivity contribution in [1.82, 2.24) is 4.90 Å². The summed E-state index contributed by atoms with van der Waals surface area (Å²) in [7, 11) is 0. The Bertz CT molecular complexity index is 375. The van der Waals surface area contributed by atoms with Gasteiger partial charge in [-0.1, -0.05) is 12.2 Å². The number of carbonyl (C=O) groups excluding carboxylic acids is 2. The number of imide groups is 1. The first kappa shape index (κ1) is 10.1. The Morgan fingerprint density at radius 3 is 1.88 bits per heavy atom. The average Bonchev–Trinajstić information content (AvgIpc) is 2.77. The monoisotopic (exact) mass is 219 g/mol. The van der Waals surface area contributed by atoms with E-state index in [-0.39, 0.29) is 29.2 Å². The summed E-state index contributed by atoms with van der Waals surface area (Å²) in [5.74, 6) is 0.639. The molecule has 2 aliphatic carbocycles. The predicted octanol–water partition coefficient (Wildman–Crippen LogP) is 1.59. The lowest BCUT2D eigenvalue weighted by Crippen LogP contribution is -2.46. The summed E-state index contributed by atoms with van der Waals surface area (Å²) < 4.78 is 0. The highest BCUT2D eigenvalue weighted by atomic mass is 16.2. The summed E-state index contributed by atoms with van der Waals surface area (Å²) in [6.45, 7) is 5.79. The molecule has 1 saturated carbocycles. The maximum absolute atomic E-state index is 12.3. The molecular weight excluding hydrogens is 202 g/mol. The zero-order chi connectivity index (χ0) is 11.7. The maximum atomic E-state index is 12.3. The topological polar surface area (TPSA) is 37.4 Å². The Kier molecular flexibility index (Phi) is 1.74. The number of likely N-dealkylation sites (tertiary alicyclic amines) is 1. The molecule has 0 aromatic carbocycles. The molecule has 16 heavy (non-hydrogen) atoms. The second kappa shape index (κ2) is 2.76. The Hall–Kier alpha value is -1.12. The number of nitrogens with zero attached hydrogens (tertiary/aromatic N) is 1. The van der Waals surface area contributed by atoms with Gasteiger partial charge < -0.3 is 0 Å². The summed E-state index contributed by atoms with van der Waals surface area (Å²) in [4.78, 5) is 26.1. The molecule has 86 valence electrons. The van der Waals surface area contributed by atoms with Crippen LogP contribution in [0.25, 0.3) is 0 Å². The highest BCUT2D eigenvalue weighted by molar-refractivity contribution is 6.07. The van der Waals surface area contributed by atoms with E-state index in [1.165, 1.54) is 4.90 Å². The molecule has 0 unspecified atom stereocenters. The molecule has 2 fully saturated rings. The average molecular weight is 219 g/mol. The van der Waals surface area contributed by atoms with E-state index >= 15 is 0 Å². The first-order chi connectivity index (χ1) is 7.41. The zero-order valence-corrected chi connectivity index (χ0v) is 9.93. The van der Waals surface area contributed by atoms with E-state index in [2.05, 4.69) is 12.2 Å². The molecule has 0 N–H and O–H groups in total. The van der Waals surface area contributed by atoms with Gasteiger partial charge in [-0.25, -0.2) is 0 Å². The van der Waals surface area contributed by atoms with Gasteiger partial charge in [0.25, 0.3) is 0 Å². The number of allylic oxidation sites excluding steroid dienone is 2. The van der Waals surface area contributed by atoms with Crippen molar-refractivity contribution in [3.05, 3.63) is 12.2 Å². The van der Waals surface area contributed by atoms with E-state index in [0.29, 0.717) is 11.8 Å². The second-order valence-corrected chi connectivity index (χ2v) is 6.18. The maximum Gasteiger partial charge on any atom is 0.234 e. The molecule has 2 amide bonds. The molecule has 3 heteroatoms. The first-order valence-corrected chi connectivity index (χ1v) is 5.97. The van der Waals surface area contributed by atoms with E-state index in [1.54, 1.807) is 0 Å². The van der Waals surface area contributed by atoms with Crippen LogP contribution in [0.5, 0.6) is 0 Å². The van der Waals surface area contributed by atoms with Gasteiger partial charge in [0.2, 0.25) is 11.8 Å². The van der Waals surface area contributed by atoms with Crippen LogP contribution in [0.1, 0.15) is 27.2 Å². The van der Waals surface area contributed by atoms with Crippen molar-refractivity contribution in [3.8, 4) is 0 Å². The molecule has 2 bridgehead atoms. The third-order valence-corrected chi connectivity index (χ3v) is 4.14. The lowest BCUT2D eigenvalue weighted by Gasteiger charge is -2.31. The SMILES string of the molecule is CC(C)(C)N1C(=O)[C@H]2[C@H](C1=O)[C@H]1C=C[C@H]2C1. The second-order valence-electron chi connectivity index (χ2n) is 6.18. The van der Waals surface area contributed by atoms with Crippen LogP contribution in [-0.4, -0.2) is 22.3 Å². The van der Waals surface area contributed by atoms with Gasteiger partial charge in [-0.3, -0.25) is 14.5 Å². The minimum absolute atomic E-state index is 0.0540. The lowest BCUT2D eigenvalue weighted by atomic mass is 9.85. The highest BCUT2D eigenvalue weighted by Gasteiger charge is 2.60. The summed E-state index contributed by atoms with van der Waals surface area (Å²) in [5, 5.41) is 0. The standard InChI is InChI=1S/C13H17NO2/c1-13(2,3)14-11(15)9-7-4-5-8(6-7)10(9)12(14)16/h4-5,7-10H,6H2,1-3H3/t7-,8-,9+,10+/m0/s1. The summed E-state index contributed by atoms with van der Waals surface area (Å²) in [6, 6.07) is 0. The molecule has 0 radical (unpaired) electrons. The number of hydrogen-bond acceptors (Lipinski definition) is 2. The fourth-order valence-corrected chi connectivity index (χ4v) is 3.56. The van der Waals surface area contributed by atoms with Crippen LogP contribution < -0.4 is 0 Å². The smallest absolute Gasteiger partial charge is 0.234 e. The Morgan fingerprint density at radius 2 is 1.50 bits per heavy atom. The number of carbonyl (C=O) groups is 2. The summed E-state index contributed by atoms with van der Waals surface area (Å²) in [5.41, 5.74) is -0.377. The fourth-order valence-electron chi connectivity index (χ4n) is 3.56. The molecule has 3 aliphatic rings. The van der Waals surface area contributed by atoms with Gasteiger partial charge >= 0.3 is 0 Å². The third-order valence-electron chi connectivity index (χ3n) is 4.14. The minimum atomic E-state index is -0.377. The Morgan fingerprint density at radius 1 is 1.06 bits per heavy atom. The third kappa shape index (κ3) is 1.04. The van der Waals surface area contributed by atoms with Crippen LogP contribution in [0.2, 0.25) is 0 Å². The van der Waals surface area contributed by atoms with Crippen LogP contribution >= 0.6 is 0 Å². The largest absolute Gasteiger partial charge is 0.277 e. The van der Waals surface area contributed by atoms with E-state index in [4.69, 9.17) is 0 Å². The molecule has 0 aromatic heterocycles. The minimum Gasteiger partial charge on any atom is -0.277 e. The van der Waals surface area contributed by atoms with Crippen molar-refractivity contribution in [2.45, 2.75) is 32.7 Å². The van der Waals surface area contributed by atoms with E-state index in [0.717, 1.165) is 6.42 Å². The summed E-state index contributed by atoms with van der Waals surface area (Å²) in [6.07, 6.45) is 5.26.